The van der Waals surface area contributed by atoms with Crippen LogP contribution in [0.3, 0.4) is 0 Å². The molecule has 0 spiro atoms. The van der Waals surface area contributed by atoms with E-state index < -0.39 is 0 Å². The lowest BCUT2D eigenvalue weighted by molar-refractivity contribution is 0.362. The standard InChI is InChI=1S/C16H22N2S/c1-3-19-15-8-6-7-14(13(15)11-17)18-12-16(2)9-4-5-10-16/h6-8,18H,3-5,9-10,12H2,1-2H3. The van der Waals surface area contributed by atoms with Crippen molar-refractivity contribution in [2.45, 2.75) is 44.4 Å². The van der Waals surface area contributed by atoms with E-state index in [9.17, 15) is 5.26 Å². The maximum Gasteiger partial charge on any atom is 0.102 e. The minimum absolute atomic E-state index is 0.403. The number of anilines is 1. The molecule has 0 bridgehead atoms. The Morgan fingerprint density at radius 3 is 2.74 bits per heavy atom. The Hall–Kier alpha value is -1.14. The smallest absolute Gasteiger partial charge is 0.102 e. The minimum Gasteiger partial charge on any atom is -0.383 e. The molecule has 0 heterocycles. The van der Waals surface area contributed by atoms with Gasteiger partial charge in [-0.2, -0.15) is 5.26 Å². The van der Waals surface area contributed by atoms with Crippen LogP contribution >= 0.6 is 11.8 Å². The van der Waals surface area contributed by atoms with Crippen LogP contribution in [-0.2, 0) is 0 Å². The summed E-state index contributed by atoms with van der Waals surface area (Å²) in [7, 11) is 0. The first-order valence-electron chi connectivity index (χ1n) is 7.08. The van der Waals surface area contributed by atoms with Crippen molar-refractivity contribution in [2.24, 2.45) is 5.41 Å². The van der Waals surface area contributed by atoms with E-state index in [1.807, 2.05) is 18.2 Å². The summed E-state index contributed by atoms with van der Waals surface area (Å²) >= 11 is 1.74. The molecule has 2 nitrogen and oxygen atoms in total. The van der Waals surface area contributed by atoms with Gasteiger partial charge in [0.15, 0.2) is 0 Å². The molecule has 1 saturated carbocycles. The molecular formula is C16H22N2S. The third-order valence-electron chi connectivity index (χ3n) is 3.95. The third-order valence-corrected chi connectivity index (χ3v) is 4.89. The van der Waals surface area contributed by atoms with Crippen LogP contribution in [0.25, 0.3) is 0 Å². The highest BCUT2D eigenvalue weighted by Crippen LogP contribution is 2.38. The van der Waals surface area contributed by atoms with E-state index in [-0.39, 0.29) is 0 Å². The molecule has 0 saturated heterocycles. The molecule has 0 radical (unpaired) electrons. The molecule has 0 unspecified atom stereocenters. The fourth-order valence-corrected chi connectivity index (χ4v) is 3.57. The molecular weight excluding hydrogens is 252 g/mol. The highest BCUT2D eigenvalue weighted by molar-refractivity contribution is 7.99. The first-order valence-corrected chi connectivity index (χ1v) is 8.07. The lowest BCUT2D eigenvalue weighted by atomic mass is 9.89. The van der Waals surface area contributed by atoms with Gasteiger partial charge in [-0.15, -0.1) is 11.8 Å². The number of hydrogen-bond acceptors (Lipinski definition) is 3. The maximum atomic E-state index is 9.38. The van der Waals surface area contributed by atoms with Crippen molar-refractivity contribution < 1.29 is 0 Å². The van der Waals surface area contributed by atoms with Gasteiger partial charge in [-0.25, -0.2) is 0 Å². The van der Waals surface area contributed by atoms with Crippen LogP contribution in [-0.4, -0.2) is 12.3 Å². The average molecular weight is 274 g/mol. The van der Waals surface area contributed by atoms with E-state index >= 15 is 0 Å². The van der Waals surface area contributed by atoms with Gasteiger partial charge < -0.3 is 5.32 Å². The Bertz CT molecular complexity index is 470. The second kappa shape index (κ2) is 6.34. The summed E-state index contributed by atoms with van der Waals surface area (Å²) in [6.07, 6.45) is 5.28. The molecule has 102 valence electrons. The topological polar surface area (TPSA) is 35.8 Å². The average Bonchev–Trinajstić information content (AvgIpc) is 2.84. The zero-order valence-electron chi connectivity index (χ0n) is 11.8. The van der Waals surface area contributed by atoms with Crippen LogP contribution in [0.4, 0.5) is 5.69 Å². The van der Waals surface area contributed by atoms with Gasteiger partial charge in [0.05, 0.1) is 11.3 Å². The van der Waals surface area contributed by atoms with E-state index in [2.05, 4.69) is 25.2 Å². The lowest BCUT2D eigenvalue weighted by Gasteiger charge is -2.25. The summed E-state index contributed by atoms with van der Waals surface area (Å²) in [6, 6.07) is 8.45. The molecule has 1 aromatic rings. The van der Waals surface area contributed by atoms with Crippen LogP contribution in [0.15, 0.2) is 23.1 Å². The zero-order chi connectivity index (χ0) is 13.7. The normalized spacial score (nSPS) is 17.1. The molecule has 1 aliphatic carbocycles. The summed E-state index contributed by atoms with van der Waals surface area (Å²) in [4.78, 5) is 1.09. The van der Waals surface area contributed by atoms with Crippen LogP contribution in [0.2, 0.25) is 0 Å². The molecule has 1 fully saturated rings. The van der Waals surface area contributed by atoms with Crippen molar-refractivity contribution in [1.29, 1.82) is 5.26 Å². The van der Waals surface area contributed by atoms with Crippen LogP contribution in [0.1, 0.15) is 45.1 Å². The van der Waals surface area contributed by atoms with E-state index in [0.717, 1.165) is 28.4 Å². The Balaban J connectivity index is 2.11. The minimum atomic E-state index is 0.403. The summed E-state index contributed by atoms with van der Waals surface area (Å²) in [5, 5.41) is 12.9. The van der Waals surface area contributed by atoms with E-state index in [0.29, 0.717) is 5.41 Å². The first kappa shape index (κ1) is 14.3. The van der Waals surface area contributed by atoms with Crippen LogP contribution < -0.4 is 5.32 Å². The highest BCUT2D eigenvalue weighted by Gasteiger charge is 2.28. The molecule has 2 rings (SSSR count). The number of thioether (sulfide) groups is 1. The number of nitrogens with zero attached hydrogens (tertiary/aromatic N) is 1. The molecule has 19 heavy (non-hydrogen) atoms. The molecule has 0 aromatic heterocycles. The number of benzene rings is 1. The molecule has 1 aliphatic rings. The zero-order valence-corrected chi connectivity index (χ0v) is 12.6. The molecule has 1 aromatic carbocycles. The largest absolute Gasteiger partial charge is 0.383 e. The van der Waals surface area contributed by atoms with Crippen molar-refractivity contribution in [3.05, 3.63) is 23.8 Å². The van der Waals surface area contributed by atoms with E-state index in [1.165, 1.54) is 25.7 Å². The van der Waals surface area contributed by atoms with Crippen molar-refractivity contribution in [3.8, 4) is 6.07 Å². The van der Waals surface area contributed by atoms with Gasteiger partial charge in [0.2, 0.25) is 0 Å². The molecule has 0 amide bonds. The van der Waals surface area contributed by atoms with Crippen molar-refractivity contribution in [2.75, 3.05) is 17.6 Å². The van der Waals surface area contributed by atoms with Crippen molar-refractivity contribution in [3.63, 3.8) is 0 Å². The van der Waals surface area contributed by atoms with Crippen molar-refractivity contribution in [1.82, 2.24) is 0 Å². The monoisotopic (exact) mass is 274 g/mol. The Morgan fingerprint density at radius 2 is 2.11 bits per heavy atom. The summed E-state index contributed by atoms with van der Waals surface area (Å²) < 4.78 is 0. The number of nitrogens with one attached hydrogen (secondary N) is 1. The molecule has 0 aliphatic heterocycles. The van der Waals surface area contributed by atoms with Gasteiger partial charge in [0.25, 0.3) is 0 Å². The van der Waals surface area contributed by atoms with E-state index in [1.54, 1.807) is 11.8 Å². The van der Waals surface area contributed by atoms with Gasteiger partial charge >= 0.3 is 0 Å². The Labute approximate surface area is 120 Å². The number of rotatable bonds is 5. The molecule has 0 atom stereocenters. The quantitative estimate of drug-likeness (QED) is 0.793. The number of nitriles is 1. The fourth-order valence-electron chi connectivity index (χ4n) is 2.78. The lowest BCUT2D eigenvalue weighted by Crippen LogP contribution is -2.23. The maximum absolute atomic E-state index is 9.38. The second-order valence-corrected chi connectivity index (χ2v) is 6.90. The highest BCUT2D eigenvalue weighted by atomic mass is 32.2. The first-order chi connectivity index (χ1) is 9.18. The molecule has 1 N–H and O–H groups in total. The summed E-state index contributed by atoms with van der Waals surface area (Å²) in [6.45, 7) is 5.44. The predicted octanol–water partition coefficient (Wildman–Crippen LogP) is 4.66. The van der Waals surface area contributed by atoms with Gasteiger partial charge in [-0.05, 0) is 36.1 Å². The van der Waals surface area contributed by atoms with Crippen LogP contribution in [0, 0.1) is 16.7 Å². The van der Waals surface area contributed by atoms with Gasteiger partial charge in [0, 0.05) is 11.4 Å². The summed E-state index contributed by atoms with van der Waals surface area (Å²) in [5.74, 6) is 0.996. The van der Waals surface area contributed by atoms with Gasteiger partial charge in [-0.3, -0.25) is 0 Å². The second-order valence-electron chi connectivity index (χ2n) is 5.59. The Kier molecular flexibility index (Phi) is 4.76. The van der Waals surface area contributed by atoms with E-state index in [4.69, 9.17) is 0 Å². The van der Waals surface area contributed by atoms with Gasteiger partial charge in [0.1, 0.15) is 6.07 Å². The molecule has 3 heteroatoms. The third kappa shape index (κ3) is 3.45. The predicted molar refractivity (Wildman–Crippen MR) is 82.6 cm³/mol. The SMILES string of the molecule is CCSc1cccc(NCC2(C)CCCC2)c1C#N. The number of hydrogen-bond donors (Lipinski definition) is 1. The van der Waals surface area contributed by atoms with Crippen molar-refractivity contribution >= 4 is 17.4 Å². The fraction of sp³-hybridized carbons (Fsp3) is 0.562. The summed E-state index contributed by atoms with van der Waals surface area (Å²) in [5.41, 5.74) is 2.20. The van der Waals surface area contributed by atoms with Gasteiger partial charge in [-0.1, -0.05) is 32.8 Å². The van der Waals surface area contributed by atoms with Crippen LogP contribution in [0.5, 0.6) is 0 Å². The Morgan fingerprint density at radius 1 is 1.37 bits per heavy atom.